The van der Waals surface area contributed by atoms with Crippen molar-refractivity contribution in [1.82, 2.24) is 15.1 Å². The highest BCUT2D eigenvalue weighted by Crippen LogP contribution is 2.24. The van der Waals surface area contributed by atoms with E-state index in [9.17, 15) is 4.79 Å². The van der Waals surface area contributed by atoms with Gasteiger partial charge in [-0.15, -0.1) is 0 Å². The fraction of sp³-hybridized carbons (Fsp3) is 0.733. The number of hydrogen-bond acceptors (Lipinski definition) is 2. The van der Waals surface area contributed by atoms with Crippen LogP contribution in [0.25, 0.3) is 0 Å². The molecule has 106 valence electrons. The topological polar surface area (TPSA) is 46.9 Å². The molecule has 0 saturated heterocycles. The molecule has 4 heteroatoms. The van der Waals surface area contributed by atoms with E-state index >= 15 is 0 Å². The van der Waals surface area contributed by atoms with Gasteiger partial charge in [0, 0.05) is 24.7 Å². The van der Waals surface area contributed by atoms with Gasteiger partial charge in [-0.1, -0.05) is 19.8 Å². The maximum Gasteiger partial charge on any atom is 0.223 e. The van der Waals surface area contributed by atoms with Crippen molar-refractivity contribution in [2.24, 2.45) is 11.8 Å². The SMILES string of the molecule is Cc1cc(C)n(C[C@@H](C)CNC(=O)C2CCCC2)n1. The zero-order chi connectivity index (χ0) is 13.8. The number of carbonyl (C=O) groups excluding carboxylic acids is 1. The van der Waals surface area contributed by atoms with Crippen molar-refractivity contribution in [3.63, 3.8) is 0 Å². The van der Waals surface area contributed by atoms with Crippen LogP contribution < -0.4 is 5.32 Å². The van der Waals surface area contributed by atoms with Crippen LogP contribution in [0.2, 0.25) is 0 Å². The van der Waals surface area contributed by atoms with Crippen LogP contribution in [0.3, 0.4) is 0 Å². The van der Waals surface area contributed by atoms with E-state index in [0.29, 0.717) is 5.92 Å². The van der Waals surface area contributed by atoms with Crippen molar-refractivity contribution in [1.29, 1.82) is 0 Å². The van der Waals surface area contributed by atoms with Gasteiger partial charge < -0.3 is 5.32 Å². The van der Waals surface area contributed by atoms with Crippen LogP contribution in [0, 0.1) is 25.7 Å². The largest absolute Gasteiger partial charge is 0.356 e. The van der Waals surface area contributed by atoms with Gasteiger partial charge in [0.15, 0.2) is 0 Å². The highest BCUT2D eigenvalue weighted by Gasteiger charge is 2.22. The molecule has 1 heterocycles. The molecule has 1 amide bonds. The van der Waals surface area contributed by atoms with Crippen LogP contribution >= 0.6 is 0 Å². The van der Waals surface area contributed by atoms with Crippen molar-refractivity contribution >= 4 is 5.91 Å². The summed E-state index contributed by atoms with van der Waals surface area (Å²) in [6.07, 6.45) is 4.55. The lowest BCUT2D eigenvalue weighted by molar-refractivity contribution is -0.125. The third-order valence-electron chi connectivity index (χ3n) is 3.94. The van der Waals surface area contributed by atoms with Crippen LogP contribution in [0.5, 0.6) is 0 Å². The number of rotatable bonds is 5. The van der Waals surface area contributed by atoms with E-state index in [1.165, 1.54) is 18.5 Å². The van der Waals surface area contributed by atoms with Gasteiger partial charge in [-0.25, -0.2) is 0 Å². The summed E-state index contributed by atoms with van der Waals surface area (Å²) in [5.41, 5.74) is 2.24. The number of hydrogen-bond donors (Lipinski definition) is 1. The molecule has 1 aromatic heterocycles. The van der Waals surface area contributed by atoms with Gasteiger partial charge in [0.25, 0.3) is 0 Å². The third kappa shape index (κ3) is 3.82. The van der Waals surface area contributed by atoms with Gasteiger partial charge in [0.1, 0.15) is 0 Å². The van der Waals surface area contributed by atoms with E-state index in [4.69, 9.17) is 0 Å². The molecule has 1 atom stereocenters. The maximum atomic E-state index is 11.9. The first-order valence-corrected chi connectivity index (χ1v) is 7.35. The van der Waals surface area contributed by atoms with E-state index in [2.05, 4.69) is 30.3 Å². The standard InChI is InChI=1S/C15H25N3O/c1-11(10-18-13(3)8-12(2)17-18)9-16-15(19)14-6-4-5-7-14/h8,11,14H,4-7,9-10H2,1-3H3,(H,16,19)/t11-/m0/s1. The molecular formula is C15H25N3O. The minimum Gasteiger partial charge on any atom is -0.356 e. The highest BCUT2D eigenvalue weighted by molar-refractivity contribution is 5.78. The van der Waals surface area contributed by atoms with Crippen LogP contribution in [-0.2, 0) is 11.3 Å². The van der Waals surface area contributed by atoms with Gasteiger partial charge in [-0.2, -0.15) is 5.10 Å². The molecule has 1 fully saturated rings. The molecule has 2 rings (SSSR count). The first-order chi connectivity index (χ1) is 9.06. The van der Waals surface area contributed by atoms with Gasteiger partial charge in [-0.3, -0.25) is 9.48 Å². The second kappa shape index (κ2) is 6.22. The molecular weight excluding hydrogens is 238 g/mol. The van der Waals surface area contributed by atoms with Crippen molar-refractivity contribution in [2.75, 3.05) is 6.54 Å². The minimum absolute atomic E-state index is 0.248. The van der Waals surface area contributed by atoms with Crippen LogP contribution in [0.1, 0.15) is 44.0 Å². The van der Waals surface area contributed by atoms with E-state index in [-0.39, 0.29) is 11.8 Å². The minimum atomic E-state index is 0.248. The Morgan fingerprint density at radius 1 is 1.47 bits per heavy atom. The van der Waals surface area contributed by atoms with Gasteiger partial charge in [-0.05, 0) is 38.7 Å². The Morgan fingerprint density at radius 2 is 2.16 bits per heavy atom. The van der Waals surface area contributed by atoms with E-state index < -0.39 is 0 Å². The van der Waals surface area contributed by atoms with Crippen molar-refractivity contribution in [3.05, 3.63) is 17.5 Å². The zero-order valence-electron chi connectivity index (χ0n) is 12.3. The molecule has 1 aliphatic carbocycles. The number of nitrogens with one attached hydrogen (secondary N) is 1. The third-order valence-corrected chi connectivity index (χ3v) is 3.94. The van der Waals surface area contributed by atoms with E-state index in [0.717, 1.165) is 31.6 Å². The molecule has 1 aliphatic rings. The van der Waals surface area contributed by atoms with Crippen molar-refractivity contribution in [3.8, 4) is 0 Å². The van der Waals surface area contributed by atoms with Gasteiger partial charge in [0.05, 0.1) is 5.69 Å². The highest BCUT2D eigenvalue weighted by atomic mass is 16.1. The molecule has 0 aromatic carbocycles. The second-order valence-electron chi connectivity index (χ2n) is 5.94. The first-order valence-electron chi connectivity index (χ1n) is 7.35. The fourth-order valence-corrected chi connectivity index (χ4v) is 2.83. The Kier molecular flexibility index (Phi) is 4.61. The number of amides is 1. The normalized spacial score (nSPS) is 17.6. The first kappa shape index (κ1) is 14.1. The Hall–Kier alpha value is -1.32. The lowest BCUT2D eigenvalue weighted by Gasteiger charge is -2.16. The smallest absolute Gasteiger partial charge is 0.223 e. The fourth-order valence-electron chi connectivity index (χ4n) is 2.83. The lowest BCUT2D eigenvalue weighted by atomic mass is 10.1. The molecule has 0 spiro atoms. The molecule has 0 bridgehead atoms. The van der Waals surface area contributed by atoms with Gasteiger partial charge >= 0.3 is 0 Å². The average Bonchev–Trinajstić information content (AvgIpc) is 2.97. The van der Waals surface area contributed by atoms with Crippen molar-refractivity contribution in [2.45, 2.75) is 53.0 Å². The summed E-state index contributed by atoms with van der Waals surface area (Å²) in [4.78, 5) is 11.9. The number of nitrogens with zero attached hydrogens (tertiary/aromatic N) is 2. The molecule has 1 N–H and O–H groups in total. The molecule has 1 saturated carbocycles. The van der Waals surface area contributed by atoms with Crippen molar-refractivity contribution < 1.29 is 4.79 Å². The Morgan fingerprint density at radius 3 is 2.74 bits per heavy atom. The average molecular weight is 263 g/mol. The number of carbonyl (C=O) groups is 1. The monoisotopic (exact) mass is 263 g/mol. The molecule has 0 radical (unpaired) electrons. The summed E-state index contributed by atoms with van der Waals surface area (Å²) in [5.74, 6) is 0.918. The summed E-state index contributed by atoms with van der Waals surface area (Å²) in [6.45, 7) is 7.85. The van der Waals surface area contributed by atoms with Crippen LogP contribution in [0.15, 0.2) is 6.07 Å². The van der Waals surface area contributed by atoms with Gasteiger partial charge in [0.2, 0.25) is 5.91 Å². The summed E-state index contributed by atoms with van der Waals surface area (Å²) in [7, 11) is 0. The number of aromatic nitrogens is 2. The predicted octanol–water partition coefficient (Wildman–Crippen LogP) is 2.44. The summed E-state index contributed by atoms with van der Waals surface area (Å²) >= 11 is 0. The molecule has 4 nitrogen and oxygen atoms in total. The maximum absolute atomic E-state index is 11.9. The predicted molar refractivity (Wildman–Crippen MR) is 75.8 cm³/mol. The Balaban J connectivity index is 1.76. The molecule has 0 unspecified atom stereocenters. The summed E-state index contributed by atoms with van der Waals surface area (Å²) in [5, 5.41) is 7.55. The zero-order valence-corrected chi connectivity index (χ0v) is 12.3. The lowest BCUT2D eigenvalue weighted by Crippen LogP contribution is -2.34. The molecule has 19 heavy (non-hydrogen) atoms. The van der Waals surface area contributed by atoms with E-state index in [1.807, 2.05) is 11.6 Å². The quantitative estimate of drug-likeness (QED) is 0.887. The Labute approximate surface area is 115 Å². The van der Waals surface area contributed by atoms with E-state index in [1.54, 1.807) is 0 Å². The summed E-state index contributed by atoms with van der Waals surface area (Å²) < 4.78 is 2.03. The number of aryl methyl sites for hydroxylation is 2. The Bertz CT molecular complexity index is 433. The second-order valence-corrected chi connectivity index (χ2v) is 5.94. The molecule has 0 aliphatic heterocycles. The summed E-state index contributed by atoms with van der Waals surface area (Å²) in [6, 6.07) is 2.09. The van der Waals surface area contributed by atoms with Crippen LogP contribution in [-0.4, -0.2) is 22.2 Å². The molecule has 1 aromatic rings. The van der Waals surface area contributed by atoms with Crippen LogP contribution in [0.4, 0.5) is 0 Å².